The summed E-state index contributed by atoms with van der Waals surface area (Å²) in [6, 6.07) is 1.72. The van der Waals surface area contributed by atoms with Crippen molar-refractivity contribution in [1.29, 1.82) is 0 Å². The van der Waals surface area contributed by atoms with Crippen molar-refractivity contribution in [2.45, 2.75) is 0 Å². The second kappa shape index (κ2) is 4.29. The molecule has 0 bridgehead atoms. The Kier molecular flexibility index (Phi) is 3.47. The molecule has 0 aliphatic heterocycles. The minimum Gasteiger partial charge on any atom is -0.216 e. The molecular weight excluding hydrogens is 290 g/mol. The maximum atomic E-state index is 13.0. The van der Waals surface area contributed by atoms with Crippen LogP contribution in [-0.2, 0) is 9.84 Å². The summed E-state index contributed by atoms with van der Waals surface area (Å²) in [7, 11) is -3.50. The Morgan fingerprint density at radius 3 is 2.40 bits per heavy atom. The first-order valence-corrected chi connectivity index (χ1v) is 6.35. The Balaban J connectivity index is 3.27. The quantitative estimate of drug-likeness (QED) is 0.542. The first-order chi connectivity index (χ1) is 6.79. The van der Waals surface area contributed by atoms with Crippen molar-refractivity contribution >= 4 is 25.8 Å². The molecule has 0 fully saturated rings. The van der Waals surface area contributed by atoms with Gasteiger partial charge in [0, 0.05) is 11.3 Å². The van der Waals surface area contributed by atoms with Crippen molar-refractivity contribution in [3.8, 4) is 11.2 Å². The standard InChI is InChI=1S/C9H5BrF2O2S/c1-15(13,14)3-2-6-4-7(10)9(12)5-8(6)11/h4-5H,1H3. The van der Waals surface area contributed by atoms with Crippen molar-refractivity contribution in [2.75, 3.05) is 6.26 Å². The minimum absolute atomic E-state index is 0.0294. The van der Waals surface area contributed by atoms with Crippen LogP contribution in [0.25, 0.3) is 0 Å². The molecule has 15 heavy (non-hydrogen) atoms. The lowest BCUT2D eigenvalue weighted by Gasteiger charge is -1.97. The van der Waals surface area contributed by atoms with Gasteiger partial charge in [0.25, 0.3) is 0 Å². The highest BCUT2D eigenvalue weighted by Gasteiger charge is 2.06. The predicted octanol–water partition coefficient (Wildman–Crippen LogP) is 2.08. The lowest BCUT2D eigenvalue weighted by atomic mass is 10.2. The van der Waals surface area contributed by atoms with Gasteiger partial charge >= 0.3 is 0 Å². The molecule has 0 N–H and O–H groups in total. The molecular formula is C9H5BrF2O2S. The van der Waals surface area contributed by atoms with Gasteiger partial charge in [-0.25, -0.2) is 17.2 Å². The van der Waals surface area contributed by atoms with Gasteiger partial charge in [0.1, 0.15) is 11.6 Å². The van der Waals surface area contributed by atoms with Crippen LogP contribution >= 0.6 is 15.9 Å². The fourth-order valence-corrected chi connectivity index (χ4v) is 1.40. The number of sulfone groups is 1. The summed E-state index contributed by atoms with van der Waals surface area (Å²) in [5.41, 5.74) is -0.172. The monoisotopic (exact) mass is 294 g/mol. The van der Waals surface area contributed by atoms with Crippen LogP contribution in [0.3, 0.4) is 0 Å². The molecule has 0 atom stereocenters. The van der Waals surface area contributed by atoms with Crippen molar-refractivity contribution in [2.24, 2.45) is 0 Å². The zero-order valence-corrected chi connectivity index (χ0v) is 9.92. The van der Waals surface area contributed by atoms with Crippen LogP contribution < -0.4 is 0 Å². The molecule has 1 aromatic rings. The van der Waals surface area contributed by atoms with Gasteiger partial charge in [-0.3, -0.25) is 0 Å². The van der Waals surface area contributed by atoms with Crippen LogP contribution in [0.1, 0.15) is 5.56 Å². The fourth-order valence-electron chi connectivity index (χ4n) is 0.766. The first kappa shape index (κ1) is 12.1. The van der Waals surface area contributed by atoms with E-state index in [1.807, 2.05) is 5.25 Å². The van der Waals surface area contributed by atoms with Crippen LogP contribution in [0.2, 0.25) is 0 Å². The molecule has 0 saturated carbocycles. The Labute approximate surface area is 94.3 Å². The zero-order chi connectivity index (χ0) is 11.6. The third kappa shape index (κ3) is 3.61. The third-order valence-electron chi connectivity index (χ3n) is 1.38. The molecule has 0 radical (unpaired) electrons. The van der Waals surface area contributed by atoms with E-state index in [1.54, 1.807) is 0 Å². The highest BCUT2D eigenvalue weighted by atomic mass is 79.9. The summed E-state index contributed by atoms with van der Waals surface area (Å²) in [5.74, 6) is 0.449. The largest absolute Gasteiger partial charge is 0.216 e. The average molecular weight is 295 g/mol. The number of hydrogen-bond acceptors (Lipinski definition) is 2. The van der Waals surface area contributed by atoms with Crippen LogP contribution in [0.4, 0.5) is 8.78 Å². The van der Waals surface area contributed by atoms with E-state index >= 15 is 0 Å². The van der Waals surface area contributed by atoms with Gasteiger partial charge in [0.05, 0.1) is 16.3 Å². The normalized spacial score (nSPS) is 10.7. The van der Waals surface area contributed by atoms with Crippen molar-refractivity contribution < 1.29 is 17.2 Å². The van der Waals surface area contributed by atoms with E-state index in [0.717, 1.165) is 12.3 Å². The molecule has 0 spiro atoms. The van der Waals surface area contributed by atoms with Gasteiger partial charge in [-0.2, -0.15) is 0 Å². The van der Waals surface area contributed by atoms with Gasteiger partial charge in [-0.15, -0.1) is 0 Å². The van der Waals surface area contributed by atoms with E-state index in [-0.39, 0.29) is 10.0 Å². The zero-order valence-electron chi connectivity index (χ0n) is 7.51. The molecule has 80 valence electrons. The van der Waals surface area contributed by atoms with E-state index in [4.69, 9.17) is 0 Å². The van der Waals surface area contributed by atoms with E-state index in [2.05, 4.69) is 21.9 Å². The first-order valence-electron chi connectivity index (χ1n) is 3.67. The lowest BCUT2D eigenvalue weighted by Crippen LogP contribution is -1.91. The summed E-state index contributed by atoms with van der Waals surface area (Å²) in [6.45, 7) is 0. The van der Waals surface area contributed by atoms with Gasteiger partial charge in [-0.1, -0.05) is 0 Å². The summed E-state index contributed by atoms with van der Waals surface area (Å²) < 4.78 is 47.2. The minimum atomic E-state index is -3.50. The van der Waals surface area contributed by atoms with E-state index in [1.165, 1.54) is 0 Å². The summed E-state index contributed by atoms with van der Waals surface area (Å²) in [5, 5.41) is 1.86. The Morgan fingerprint density at radius 1 is 1.27 bits per heavy atom. The van der Waals surface area contributed by atoms with E-state index in [0.29, 0.717) is 6.07 Å². The van der Waals surface area contributed by atoms with Gasteiger partial charge < -0.3 is 0 Å². The van der Waals surface area contributed by atoms with Gasteiger partial charge in [-0.05, 0) is 27.9 Å². The molecule has 2 nitrogen and oxygen atoms in total. The van der Waals surface area contributed by atoms with Crippen LogP contribution in [0, 0.1) is 22.8 Å². The number of hydrogen-bond donors (Lipinski definition) is 0. The number of rotatable bonds is 0. The van der Waals surface area contributed by atoms with Crippen LogP contribution in [-0.4, -0.2) is 14.7 Å². The maximum absolute atomic E-state index is 13.0. The van der Waals surface area contributed by atoms with Crippen molar-refractivity contribution in [1.82, 2.24) is 0 Å². The summed E-state index contributed by atoms with van der Waals surface area (Å²) in [6.07, 6.45) is 0.899. The molecule has 0 heterocycles. The van der Waals surface area contributed by atoms with Crippen molar-refractivity contribution in [3.05, 3.63) is 33.8 Å². The van der Waals surface area contributed by atoms with E-state index in [9.17, 15) is 17.2 Å². The third-order valence-corrected chi connectivity index (χ3v) is 2.46. The topological polar surface area (TPSA) is 34.1 Å². The average Bonchev–Trinajstić information content (AvgIpc) is 2.07. The lowest BCUT2D eigenvalue weighted by molar-refractivity contribution is 0.577. The molecule has 0 saturated heterocycles. The van der Waals surface area contributed by atoms with E-state index < -0.39 is 21.5 Å². The molecule has 0 aliphatic rings. The van der Waals surface area contributed by atoms with Gasteiger partial charge in [0.15, 0.2) is 0 Å². The van der Waals surface area contributed by atoms with Crippen molar-refractivity contribution in [3.63, 3.8) is 0 Å². The van der Waals surface area contributed by atoms with Crippen LogP contribution in [0.15, 0.2) is 16.6 Å². The van der Waals surface area contributed by atoms with Gasteiger partial charge in [0.2, 0.25) is 9.84 Å². The molecule has 1 aromatic carbocycles. The fraction of sp³-hybridized carbons (Fsp3) is 0.111. The molecule has 6 heteroatoms. The van der Waals surface area contributed by atoms with Crippen LogP contribution in [0.5, 0.6) is 0 Å². The molecule has 0 unspecified atom stereocenters. The number of halogens is 3. The number of benzene rings is 1. The predicted molar refractivity (Wildman–Crippen MR) is 55.8 cm³/mol. The Hall–Kier alpha value is -0.930. The molecule has 0 aliphatic carbocycles. The smallest absolute Gasteiger partial charge is 0.214 e. The highest BCUT2D eigenvalue weighted by Crippen LogP contribution is 2.19. The molecule has 0 amide bonds. The summed E-state index contributed by atoms with van der Waals surface area (Å²) >= 11 is 2.84. The Bertz CT molecular complexity index is 555. The highest BCUT2D eigenvalue weighted by molar-refractivity contribution is 9.10. The summed E-state index contributed by atoms with van der Waals surface area (Å²) in [4.78, 5) is 0. The molecule has 0 aromatic heterocycles. The second-order valence-corrected chi connectivity index (χ2v) is 5.35. The SMILES string of the molecule is CS(=O)(=O)C#Cc1cc(Br)c(F)cc1F. The Morgan fingerprint density at radius 2 is 1.87 bits per heavy atom. The molecule has 1 rings (SSSR count). The second-order valence-electron chi connectivity index (χ2n) is 2.75. The maximum Gasteiger partial charge on any atom is 0.214 e.